The highest BCUT2D eigenvalue weighted by Gasteiger charge is 2.35. The zero-order valence-corrected chi connectivity index (χ0v) is 14.1. The Balaban J connectivity index is 1.81. The Labute approximate surface area is 126 Å². The van der Waals surface area contributed by atoms with Gasteiger partial charge in [-0.25, -0.2) is 0 Å². The van der Waals surface area contributed by atoms with Crippen molar-refractivity contribution in [2.24, 2.45) is 5.92 Å². The summed E-state index contributed by atoms with van der Waals surface area (Å²) in [6.45, 7) is 13.4. The fourth-order valence-electron chi connectivity index (χ4n) is 3.82. The van der Waals surface area contributed by atoms with Crippen molar-refractivity contribution in [3.8, 4) is 0 Å². The van der Waals surface area contributed by atoms with Crippen LogP contribution in [0.1, 0.15) is 52.9 Å². The summed E-state index contributed by atoms with van der Waals surface area (Å²) in [4.78, 5) is 5.23. The molecule has 1 N–H and O–H groups in total. The van der Waals surface area contributed by atoms with Gasteiger partial charge in [0.05, 0.1) is 0 Å². The molecule has 0 aromatic rings. The predicted molar refractivity (Wildman–Crippen MR) is 87.2 cm³/mol. The first-order chi connectivity index (χ1) is 9.58. The largest absolute Gasteiger partial charge is 0.308 e. The van der Waals surface area contributed by atoms with Gasteiger partial charge in [-0.05, 0) is 71.6 Å². The third-order valence-electron chi connectivity index (χ3n) is 5.92. The van der Waals surface area contributed by atoms with Crippen molar-refractivity contribution >= 4 is 0 Å². The van der Waals surface area contributed by atoms with Crippen molar-refractivity contribution in [1.29, 1.82) is 0 Å². The van der Waals surface area contributed by atoms with Crippen LogP contribution in [0.25, 0.3) is 0 Å². The van der Waals surface area contributed by atoms with E-state index in [4.69, 9.17) is 0 Å². The van der Waals surface area contributed by atoms with Crippen molar-refractivity contribution in [2.75, 3.05) is 39.8 Å². The fourth-order valence-corrected chi connectivity index (χ4v) is 3.82. The molecule has 2 heterocycles. The molecule has 3 heteroatoms. The lowest BCUT2D eigenvalue weighted by molar-refractivity contribution is 0.0715. The van der Waals surface area contributed by atoms with E-state index < -0.39 is 0 Å². The van der Waals surface area contributed by atoms with Gasteiger partial charge in [-0.2, -0.15) is 0 Å². The van der Waals surface area contributed by atoms with Gasteiger partial charge in [0.2, 0.25) is 0 Å². The predicted octanol–water partition coefficient (Wildman–Crippen LogP) is 2.57. The molecule has 0 aromatic carbocycles. The van der Waals surface area contributed by atoms with E-state index >= 15 is 0 Å². The molecule has 0 aliphatic carbocycles. The van der Waals surface area contributed by atoms with Gasteiger partial charge < -0.3 is 10.2 Å². The summed E-state index contributed by atoms with van der Waals surface area (Å²) in [6, 6.07) is 0.701. The summed E-state index contributed by atoms with van der Waals surface area (Å²) in [7, 11) is 2.26. The average molecular weight is 281 g/mol. The smallest absolute Gasteiger partial charge is 0.0304 e. The highest BCUT2D eigenvalue weighted by Crippen LogP contribution is 2.25. The number of piperazine rings is 1. The Morgan fingerprint density at radius 3 is 2.40 bits per heavy atom. The number of rotatable bonds is 5. The summed E-state index contributed by atoms with van der Waals surface area (Å²) in [5.41, 5.74) is 0.374. The first kappa shape index (κ1) is 16.3. The van der Waals surface area contributed by atoms with E-state index in [0.717, 1.165) is 12.5 Å². The number of hydrogen-bond donors (Lipinski definition) is 1. The maximum atomic E-state index is 3.81. The molecule has 0 bridgehead atoms. The van der Waals surface area contributed by atoms with Gasteiger partial charge in [-0.15, -0.1) is 0 Å². The normalized spacial score (nSPS) is 29.7. The van der Waals surface area contributed by atoms with Crippen LogP contribution in [0.4, 0.5) is 0 Å². The first-order valence-corrected chi connectivity index (χ1v) is 8.76. The van der Waals surface area contributed by atoms with Crippen LogP contribution < -0.4 is 5.32 Å². The highest BCUT2D eigenvalue weighted by atomic mass is 15.2. The summed E-state index contributed by atoms with van der Waals surface area (Å²) in [5.74, 6) is 0.964. The van der Waals surface area contributed by atoms with E-state index in [-0.39, 0.29) is 0 Å². The summed E-state index contributed by atoms with van der Waals surface area (Å²) < 4.78 is 0. The second-order valence-electron chi connectivity index (χ2n) is 7.22. The number of nitrogens with zero attached hydrogens (tertiary/aromatic N) is 2. The van der Waals surface area contributed by atoms with Crippen LogP contribution in [0.15, 0.2) is 0 Å². The fraction of sp³-hybridized carbons (Fsp3) is 1.00. The minimum absolute atomic E-state index is 0.374. The number of piperidine rings is 1. The molecule has 2 saturated heterocycles. The summed E-state index contributed by atoms with van der Waals surface area (Å²) >= 11 is 0. The van der Waals surface area contributed by atoms with Crippen molar-refractivity contribution in [3.05, 3.63) is 0 Å². The molecule has 0 amide bonds. The minimum atomic E-state index is 0.374. The van der Waals surface area contributed by atoms with E-state index in [0.29, 0.717) is 11.6 Å². The van der Waals surface area contributed by atoms with Gasteiger partial charge in [0, 0.05) is 24.7 Å². The third kappa shape index (κ3) is 3.96. The molecule has 1 unspecified atom stereocenters. The van der Waals surface area contributed by atoms with Crippen LogP contribution >= 0.6 is 0 Å². The quantitative estimate of drug-likeness (QED) is 0.835. The summed E-state index contributed by atoms with van der Waals surface area (Å²) in [6.07, 6.45) is 6.72. The van der Waals surface area contributed by atoms with Crippen LogP contribution in [0.3, 0.4) is 0 Å². The van der Waals surface area contributed by atoms with E-state index in [1.807, 2.05) is 0 Å². The van der Waals surface area contributed by atoms with Gasteiger partial charge in [-0.1, -0.05) is 13.8 Å². The average Bonchev–Trinajstić information content (AvgIpc) is 2.48. The highest BCUT2D eigenvalue weighted by molar-refractivity contribution is 4.95. The molecule has 2 aliphatic rings. The Morgan fingerprint density at radius 1 is 1.15 bits per heavy atom. The minimum Gasteiger partial charge on any atom is -0.308 e. The molecule has 118 valence electrons. The van der Waals surface area contributed by atoms with E-state index in [2.05, 4.69) is 42.9 Å². The van der Waals surface area contributed by atoms with E-state index in [9.17, 15) is 0 Å². The molecule has 3 nitrogen and oxygen atoms in total. The third-order valence-corrected chi connectivity index (χ3v) is 5.92. The SMILES string of the molecule is CCC1(CC)CN(CCC2CCN(C)CC2)C(C)CN1. The molecule has 2 fully saturated rings. The van der Waals surface area contributed by atoms with Crippen LogP contribution in [0, 0.1) is 5.92 Å². The van der Waals surface area contributed by atoms with Crippen molar-refractivity contribution in [2.45, 2.75) is 64.5 Å². The monoisotopic (exact) mass is 281 g/mol. The van der Waals surface area contributed by atoms with Crippen molar-refractivity contribution in [1.82, 2.24) is 15.1 Å². The maximum absolute atomic E-state index is 3.81. The van der Waals surface area contributed by atoms with Gasteiger partial charge in [0.25, 0.3) is 0 Å². The van der Waals surface area contributed by atoms with Crippen LogP contribution in [-0.2, 0) is 0 Å². The second kappa shape index (κ2) is 7.24. The number of hydrogen-bond acceptors (Lipinski definition) is 3. The van der Waals surface area contributed by atoms with E-state index in [1.165, 1.54) is 58.3 Å². The molecule has 2 aliphatic heterocycles. The molecule has 0 aromatic heterocycles. The number of likely N-dealkylation sites (tertiary alicyclic amines) is 1. The van der Waals surface area contributed by atoms with E-state index in [1.54, 1.807) is 0 Å². The van der Waals surface area contributed by atoms with Crippen LogP contribution in [0.5, 0.6) is 0 Å². The Morgan fingerprint density at radius 2 is 1.80 bits per heavy atom. The van der Waals surface area contributed by atoms with Gasteiger partial charge in [0.15, 0.2) is 0 Å². The zero-order chi connectivity index (χ0) is 14.6. The van der Waals surface area contributed by atoms with Gasteiger partial charge in [0.1, 0.15) is 0 Å². The topological polar surface area (TPSA) is 18.5 Å². The van der Waals surface area contributed by atoms with Gasteiger partial charge >= 0.3 is 0 Å². The first-order valence-electron chi connectivity index (χ1n) is 8.76. The molecule has 1 atom stereocenters. The van der Waals surface area contributed by atoms with Gasteiger partial charge in [-0.3, -0.25) is 4.90 Å². The Bertz CT molecular complexity index is 280. The molecular weight excluding hydrogens is 246 g/mol. The molecule has 0 saturated carbocycles. The Kier molecular flexibility index (Phi) is 5.88. The molecular formula is C17H35N3. The van der Waals surface area contributed by atoms with Crippen LogP contribution in [0.2, 0.25) is 0 Å². The standard InChI is InChI=1S/C17H35N3/c1-5-17(6-2)14-20(15(3)13-18-17)12-9-16-7-10-19(4)11-8-16/h15-16,18H,5-14H2,1-4H3. The summed E-state index contributed by atoms with van der Waals surface area (Å²) in [5, 5.41) is 3.81. The lowest BCUT2D eigenvalue weighted by atomic mass is 9.87. The van der Waals surface area contributed by atoms with Crippen molar-refractivity contribution in [3.63, 3.8) is 0 Å². The Hall–Kier alpha value is -0.120. The second-order valence-corrected chi connectivity index (χ2v) is 7.22. The maximum Gasteiger partial charge on any atom is 0.0304 e. The lowest BCUT2D eigenvalue weighted by Gasteiger charge is -2.47. The zero-order valence-electron chi connectivity index (χ0n) is 14.1. The molecule has 2 rings (SSSR count). The lowest BCUT2D eigenvalue weighted by Crippen LogP contribution is -2.63. The molecule has 20 heavy (non-hydrogen) atoms. The number of nitrogens with one attached hydrogen (secondary N) is 1. The van der Waals surface area contributed by atoms with Crippen LogP contribution in [-0.4, -0.2) is 61.2 Å². The van der Waals surface area contributed by atoms with Crippen molar-refractivity contribution < 1.29 is 0 Å². The molecule has 0 spiro atoms. The molecule has 0 radical (unpaired) electrons.